The lowest BCUT2D eigenvalue weighted by molar-refractivity contribution is 0.247. The van der Waals surface area contributed by atoms with Crippen LogP contribution in [0.25, 0.3) is 10.2 Å². The van der Waals surface area contributed by atoms with Crippen molar-refractivity contribution in [1.82, 2.24) is 19.9 Å². The number of thiophene rings is 1. The van der Waals surface area contributed by atoms with Gasteiger partial charge in [0.25, 0.3) is 0 Å². The second-order valence-electron chi connectivity index (χ2n) is 6.24. The molecular weight excluding hydrogens is 318 g/mol. The number of piperazine rings is 1. The fourth-order valence-electron chi connectivity index (χ4n) is 3.24. The number of aryl methyl sites for hydroxylation is 2. The lowest BCUT2D eigenvalue weighted by atomic mass is 10.2. The zero-order chi connectivity index (χ0) is 16.5. The standard InChI is InChI=1S/C18H21N5S/c1-13-14(2)24-18-16(13)17(20-12-21-18)23-9-7-22(8-10-23)11-15-5-3-4-6-19-15/h3-6,12H,7-11H2,1-2H3. The van der Waals surface area contributed by atoms with E-state index in [1.165, 1.54) is 15.8 Å². The van der Waals surface area contributed by atoms with Gasteiger partial charge < -0.3 is 4.90 Å². The summed E-state index contributed by atoms with van der Waals surface area (Å²) in [5.41, 5.74) is 2.46. The van der Waals surface area contributed by atoms with Crippen molar-refractivity contribution in [2.24, 2.45) is 0 Å². The number of hydrogen-bond acceptors (Lipinski definition) is 6. The molecule has 24 heavy (non-hydrogen) atoms. The molecule has 1 aliphatic heterocycles. The van der Waals surface area contributed by atoms with Crippen LogP contribution in [0.1, 0.15) is 16.1 Å². The molecule has 0 aromatic carbocycles. The van der Waals surface area contributed by atoms with E-state index in [0.29, 0.717) is 0 Å². The van der Waals surface area contributed by atoms with Gasteiger partial charge in [0.2, 0.25) is 0 Å². The first-order valence-electron chi connectivity index (χ1n) is 8.30. The summed E-state index contributed by atoms with van der Waals surface area (Å²) < 4.78 is 0. The lowest BCUT2D eigenvalue weighted by Crippen LogP contribution is -2.46. The molecule has 0 aliphatic carbocycles. The Kier molecular flexibility index (Phi) is 4.16. The predicted molar refractivity (Wildman–Crippen MR) is 98.6 cm³/mol. The fourth-order valence-corrected chi connectivity index (χ4v) is 4.23. The van der Waals surface area contributed by atoms with Crippen LogP contribution in [0.15, 0.2) is 30.7 Å². The van der Waals surface area contributed by atoms with Gasteiger partial charge in [-0.3, -0.25) is 9.88 Å². The van der Waals surface area contributed by atoms with Crippen molar-refractivity contribution in [3.63, 3.8) is 0 Å². The van der Waals surface area contributed by atoms with E-state index in [0.717, 1.165) is 49.1 Å². The summed E-state index contributed by atoms with van der Waals surface area (Å²) in [5.74, 6) is 1.10. The highest BCUT2D eigenvalue weighted by Crippen LogP contribution is 2.34. The number of hydrogen-bond donors (Lipinski definition) is 0. The number of anilines is 1. The Bertz CT molecular complexity index is 837. The van der Waals surface area contributed by atoms with Crippen LogP contribution >= 0.6 is 11.3 Å². The summed E-state index contributed by atoms with van der Waals surface area (Å²) in [7, 11) is 0. The summed E-state index contributed by atoms with van der Waals surface area (Å²) in [4.78, 5) is 20.8. The second kappa shape index (κ2) is 6.45. The van der Waals surface area contributed by atoms with Crippen LogP contribution in [-0.4, -0.2) is 46.0 Å². The summed E-state index contributed by atoms with van der Waals surface area (Å²) in [6.45, 7) is 9.31. The molecule has 6 heteroatoms. The van der Waals surface area contributed by atoms with Crippen LogP contribution in [0.5, 0.6) is 0 Å². The molecule has 0 saturated carbocycles. The third-order valence-corrected chi connectivity index (χ3v) is 5.84. The van der Waals surface area contributed by atoms with Crippen molar-refractivity contribution >= 4 is 27.4 Å². The van der Waals surface area contributed by atoms with Gasteiger partial charge in [-0.15, -0.1) is 11.3 Å². The van der Waals surface area contributed by atoms with Gasteiger partial charge >= 0.3 is 0 Å². The Hall–Kier alpha value is -2.05. The molecule has 0 amide bonds. The van der Waals surface area contributed by atoms with E-state index in [-0.39, 0.29) is 0 Å². The number of fused-ring (bicyclic) bond motifs is 1. The average molecular weight is 339 g/mol. The van der Waals surface area contributed by atoms with Crippen LogP contribution in [-0.2, 0) is 6.54 Å². The molecule has 4 heterocycles. The maximum Gasteiger partial charge on any atom is 0.141 e. The number of aromatic nitrogens is 3. The molecule has 0 bridgehead atoms. The second-order valence-corrected chi connectivity index (χ2v) is 7.45. The normalized spacial score (nSPS) is 16.0. The van der Waals surface area contributed by atoms with Gasteiger partial charge in [0.15, 0.2) is 0 Å². The zero-order valence-corrected chi connectivity index (χ0v) is 14.9. The van der Waals surface area contributed by atoms with Gasteiger partial charge in [-0.05, 0) is 31.5 Å². The van der Waals surface area contributed by atoms with Gasteiger partial charge in [0.1, 0.15) is 17.0 Å². The first-order valence-corrected chi connectivity index (χ1v) is 9.12. The molecule has 0 N–H and O–H groups in total. The predicted octanol–water partition coefficient (Wildman–Crippen LogP) is 3.03. The minimum atomic E-state index is 0.921. The van der Waals surface area contributed by atoms with Crippen molar-refractivity contribution in [2.45, 2.75) is 20.4 Å². The van der Waals surface area contributed by atoms with Crippen molar-refractivity contribution in [3.05, 3.63) is 46.9 Å². The minimum absolute atomic E-state index is 0.921. The molecule has 3 aromatic rings. The zero-order valence-electron chi connectivity index (χ0n) is 14.1. The highest BCUT2D eigenvalue weighted by molar-refractivity contribution is 7.18. The van der Waals surface area contributed by atoms with Crippen molar-refractivity contribution in [3.8, 4) is 0 Å². The van der Waals surface area contributed by atoms with Gasteiger partial charge in [0.05, 0.1) is 11.1 Å². The van der Waals surface area contributed by atoms with Crippen molar-refractivity contribution in [2.75, 3.05) is 31.1 Å². The molecule has 1 saturated heterocycles. The van der Waals surface area contributed by atoms with Gasteiger partial charge in [0, 0.05) is 43.8 Å². The van der Waals surface area contributed by atoms with E-state index in [9.17, 15) is 0 Å². The molecule has 3 aromatic heterocycles. The van der Waals surface area contributed by atoms with E-state index >= 15 is 0 Å². The van der Waals surface area contributed by atoms with Gasteiger partial charge in [-0.25, -0.2) is 9.97 Å². The molecule has 1 aliphatic rings. The summed E-state index contributed by atoms with van der Waals surface area (Å²) in [6.07, 6.45) is 3.57. The molecule has 0 atom stereocenters. The Labute approximate surface area is 146 Å². The van der Waals surface area contributed by atoms with Crippen LogP contribution in [0.2, 0.25) is 0 Å². The number of rotatable bonds is 3. The minimum Gasteiger partial charge on any atom is -0.353 e. The summed E-state index contributed by atoms with van der Waals surface area (Å²) in [6, 6.07) is 6.11. The topological polar surface area (TPSA) is 45.2 Å². The van der Waals surface area contributed by atoms with E-state index in [1.54, 1.807) is 17.7 Å². The third-order valence-electron chi connectivity index (χ3n) is 4.73. The van der Waals surface area contributed by atoms with Gasteiger partial charge in [-0.2, -0.15) is 0 Å². The molecule has 1 fully saturated rings. The summed E-state index contributed by atoms with van der Waals surface area (Å²) in [5, 5.41) is 1.23. The smallest absolute Gasteiger partial charge is 0.141 e. The van der Waals surface area contributed by atoms with E-state index in [1.807, 2.05) is 12.3 Å². The Balaban J connectivity index is 1.50. The maximum atomic E-state index is 4.60. The largest absolute Gasteiger partial charge is 0.353 e. The number of pyridine rings is 1. The van der Waals surface area contributed by atoms with Crippen LogP contribution in [0.3, 0.4) is 0 Å². The first-order chi connectivity index (χ1) is 11.7. The molecule has 124 valence electrons. The highest BCUT2D eigenvalue weighted by atomic mass is 32.1. The van der Waals surface area contributed by atoms with Crippen LogP contribution < -0.4 is 4.90 Å². The lowest BCUT2D eigenvalue weighted by Gasteiger charge is -2.35. The van der Waals surface area contributed by atoms with Crippen molar-refractivity contribution in [1.29, 1.82) is 0 Å². The van der Waals surface area contributed by atoms with Gasteiger partial charge in [-0.1, -0.05) is 6.07 Å². The van der Waals surface area contributed by atoms with Crippen LogP contribution in [0, 0.1) is 13.8 Å². The Morgan fingerprint density at radius 3 is 2.62 bits per heavy atom. The van der Waals surface area contributed by atoms with E-state index in [2.05, 4.69) is 50.7 Å². The molecule has 0 spiro atoms. The fraction of sp³-hybridized carbons (Fsp3) is 0.389. The molecular formula is C18H21N5S. The Morgan fingerprint density at radius 1 is 1.04 bits per heavy atom. The molecule has 5 nitrogen and oxygen atoms in total. The monoisotopic (exact) mass is 339 g/mol. The number of nitrogens with zero attached hydrogens (tertiary/aromatic N) is 5. The highest BCUT2D eigenvalue weighted by Gasteiger charge is 2.22. The Morgan fingerprint density at radius 2 is 1.88 bits per heavy atom. The quantitative estimate of drug-likeness (QED) is 0.734. The SMILES string of the molecule is Cc1sc2ncnc(N3CCN(Cc4ccccn4)CC3)c2c1C. The third kappa shape index (κ3) is 2.87. The van der Waals surface area contributed by atoms with E-state index in [4.69, 9.17) is 0 Å². The molecule has 0 radical (unpaired) electrons. The molecule has 0 unspecified atom stereocenters. The van der Waals surface area contributed by atoms with Crippen LogP contribution in [0.4, 0.5) is 5.82 Å². The summed E-state index contributed by atoms with van der Waals surface area (Å²) >= 11 is 1.76. The van der Waals surface area contributed by atoms with E-state index < -0.39 is 0 Å². The molecule has 4 rings (SSSR count). The van der Waals surface area contributed by atoms with Crippen molar-refractivity contribution < 1.29 is 0 Å². The first kappa shape index (κ1) is 15.5. The average Bonchev–Trinajstić information content (AvgIpc) is 2.91. The maximum absolute atomic E-state index is 4.60.